The molecular weight excluding hydrogens is 499 g/mol. The molecule has 0 aliphatic heterocycles. The third-order valence-electron chi connectivity index (χ3n) is 5.22. The van der Waals surface area contributed by atoms with Gasteiger partial charge in [0.05, 0.1) is 0 Å². The zero-order valence-electron chi connectivity index (χ0n) is 17.7. The van der Waals surface area contributed by atoms with E-state index in [1.165, 1.54) is 22.0 Å². The van der Waals surface area contributed by atoms with Crippen LogP contribution in [0.25, 0.3) is 10.9 Å². The fourth-order valence-corrected chi connectivity index (χ4v) is 3.66. The topological polar surface area (TPSA) is 70.0 Å². The van der Waals surface area contributed by atoms with Crippen LogP contribution in [0, 0.1) is 0 Å². The van der Waals surface area contributed by atoms with Crippen molar-refractivity contribution in [2.24, 2.45) is 4.99 Å². The third-order valence-corrected chi connectivity index (χ3v) is 5.22. The van der Waals surface area contributed by atoms with E-state index in [0.717, 1.165) is 44.3 Å². The summed E-state index contributed by atoms with van der Waals surface area (Å²) in [6, 6.07) is 18.9. The predicted molar refractivity (Wildman–Crippen MR) is 138 cm³/mol. The molecule has 0 spiro atoms. The number of aromatic nitrogens is 3. The molecule has 0 aliphatic rings. The maximum Gasteiger partial charge on any atom is 0.191 e. The summed E-state index contributed by atoms with van der Waals surface area (Å²) in [5.74, 6) is 1.89. The monoisotopic (exact) mass is 528 g/mol. The number of hydrogen-bond acceptors (Lipinski definition) is 2. The quantitative estimate of drug-likeness (QED) is 0.184. The summed E-state index contributed by atoms with van der Waals surface area (Å²) in [4.78, 5) is 12.2. The van der Waals surface area contributed by atoms with Crippen molar-refractivity contribution in [1.29, 1.82) is 0 Å². The van der Waals surface area contributed by atoms with E-state index < -0.39 is 0 Å². The first-order valence-electron chi connectivity index (χ1n) is 10.4. The molecule has 0 saturated carbocycles. The van der Waals surface area contributed by atoms with E-state index in [1.807, 2.05) is 18.5 Å². The lowest BCUT2D eigenvalue weighted by Gasteiger charge is -2.12. The minimum Gasteiger partial charge on any atom is -0.361 e. The Bertz CT molecular complexity index is 1100. The second-order valence-corrected chi connectivity index (χ2v) is 7.24. The molecule has 162 valence electrons. The number of H-pyrrole nitrogens is 1. The first kappa shape index (κ1) is 22.9. The summed E-state index contributed by atoms with van der Waals surface area (Å²) in [7, 11) is 1.80. The largest absolute Gasteiger partial charge is 0.361 e. The summed E-state index contributed by atoms with van der Waals surface area (Å²) in [5, 5.41) is 8.08. The van der Waals surface area contributed by atoms with Crippen LogP contribution in [-0.2, 0) is 19.4 Å². The molecule has 0 bridgehead atoms. The van der Waals surface area contributed by atoms with Gasteiger partial charge in [-0.2, -0.15) is 0 Å². The average Bonchev–Trinajstić information content (AvgIpc) is 3.40. The summed E-state index contributed by atoms with van der Waals surface area (Å²) >= 11 is 0. The van der Waals surface area contributed by atoms with E-state index in [0.29, 0.717) is 0 Å². The first-order chi connectivity index (χ1) is 14.8. The zero-order chi connectivity index (χ0) is 20.6. The van der Waals surface area contributed by atoms with Crippen molar-refractivity contribution in [1.82, 2.24) is 25.2 Å². The maximum absolute atomic E-state index is 4.52. The molecule has 2 aromatic carbocycles. The van der Waals surface area contributed by atoms with Crippen molar-refractivity contribution in [3.8, 4) is 0 Å². The highest BCUT2D eigenvalue weighted by Crippen LogP contribution is 2.17. The fourth-order valence-electron chi connectivity index (χ4n) is 3.66. The highest BCUT2D eigenvalue weighted by molar-refractivity contribution is 14.0. The van der Waals surface area contributed by atoms with Crippen LogP contribution in [0.2, 0.25) is 0 Å². The number of imidazole rings is 1. The number of aromatic amines is 1. The number of benzene rings is 2. The fraction of sp³-hybridized carbons (Fsp3) is 0.250. The molecule has 0 unspecified atom stereocenters. The number of fused-ring (bicyclic) bond motifs is 1. The molecule has 7 heteroatoms. The lowest BCUT2D eigenvalue weighted by Crippen LogP contribution is -2.39. The van der Waals surface area contributed by atoms with E-state index in [-0.39, 0.29) is 24.0 Å². The molecule has 31 heavy (non-hydrogen) atoms. The number of nitrogens with one attached hydrogen (secondary N) is 3. The lowest BCUT2D eigenvalue weighted by molar-refractivity contribution is 0.693. The van der Waals surface area contributed by atoms with Crippen molar-refractivity contribution in [3.05, 3.63) is 90.1 Å². The zero-order valence-corrected chi connectivity index (χ0v) is 20.0. The van der Waals surface area contributed by atoms with Crippen molar-refractivity contribution in [2.45, 2.75) is 19.4 Å². The number of nitrogens with zero attached hydrogens (tertiary/aromatic N) is 3. The first-order valence-corrected chi connectivity index (χ1v) is 10.4. The van der Waals surface area contributed by atoms with Crippen LogP contribution in [0.15, 0.2) is 78.2 Å². The molecule has 2 aromatic heterocycles. The Morgan fingerprint density at radius 1 is 1.00 bits per heavy atom. The number of hydrogen-bond donors (Lipinski definition) is 3. The smallest absolute Gasteiger partial charge is 0.191 e. The standard InChI is InChI=1S/C24H28N6.HI/c1-25-24(27-13-11-20-17-29-22-10-6-5-9-21(20)22)28-14-12-23-26-15-16-30(23)18-19-7-3-2-4-8-19;/h2-10,15-17,29H,11-14,18H2,1H3,(H2,25,27,28);1H. The van der Waals surface area contributed by atoms with Gasteiger partial charge >= 0.3 is 0 Å². The van der Waals surface area contributed by atoms with E-state index in [4.69, 9.17) is 0 Å². The Hall–Kier alpha value is -2.81. The Morgan fingerprint density at radius 3 is 2.55 bits per heavy atom. The molecule has 4 rings (SSSR count). The van der Waals surface area contributed by atoms with Gasteiger partial charge in [0, 0.05) is 62.6 Å². The summed E-state index contributed by atoms with van der Waals surface area (Å²) < 4.78 is 2.20. The highest BCUT2D eigenvalue weighted by Gasteiger charge is 2.06. The van der Waals surface area contributed by atoms with Crippen LogP contribution in [0.1, 0.15) is 17.0 Å². The normalized spacial score (nSPS) is 11.3. The molecule has 0 fully saturated rings. The number of aliphatic imine (C=N–C) groups is 1. The molecule has 0 atom stereocenters. The molecule has 6 nitrogen and oxygen atoms in total. The van der Waals surface area contributed by atoms with Crippen molar-refractivity contribution in [2.75, 3.05) is 20.1 Å². The second-order valence-electron chi connectivity index (χ2n) is 7.24. The Labute approximate surface area is 200 Å². The van der Waals surface area contributed by atoms with Crippen molar-refractivity contribution in [3.63, 3.8) is 0 Å². The van der Waals surface area contributed by atoms with Crippen LogP contribution in [-0.4, -0.2) is 40.6 Å². The molecule has 0 saturated heterocycles. The van der Waals surface area contributed by atoms with Crippen LogP contribution in [0.4, 0.5) is 0 Å². The molecule has 2 heterocycles. The van der Waals surface area contributed by atoms with Crippen LogP contribution >= 0.6 is 24.0 Å². The number of halogens is 1. The van der Waals surface area contributed by atoms with Crippen molar-refractivity contribution < 1.29 is 0 Å². The van der Waals surface area contributed by atoms with E-state index >= 15 is 0 Å². The number of rotatable bonds is 8. The van der Waals surface area contributed by atoms with E-state index in [2.05, 4.69) is 84.9 Å². The van der Waals surface area contributed by atoms with Gasteiger partial charge in [0.1, 0.15) is 5.82 Å². The minimum atomic E-state index is 0. The van der Waals surface area contributed by atoms with Gasteiger partial charge in [-0.1, -0.05) is 48.5 Å². The molecular formula is C24H29IN6. The van der Waals surface area contributed by atoms with Crippen LogP contribution in [0.3, 0.4) is 0 Å². The summed E-state index contributed by atoms with van der Waals surface area (Å²) in [6.07, 6.45) is 7.77. The number of guanidine groups is 1. The molecule has 0 amide bonds. The van der Waals surface area contributed by atoms with Crippen LogP contribution in [0.5, 0.6) is 0 Å². The Morgan fingerprint density at radius 2 is 1.74 bits per heavy atom. The van der Waals surface area contributed by atoms with E-state index in [9.17, 15) is 0 Å². The van der Waals surface area contributed by atoms with Gasteiger partial charge in [-0.15, -0.1) is 24.0 Å². The van der Waals surface area contributed by atoms with Gasteiger partial charge in [0.2, 0.25) is 0 Å². The van der Waals surface area contributed by atoms with Gasteiger partial charge in [-0.25, -0.2) is 4.98 Å². The maximum atomic E-state index is 4.52. The van der Waals surface area contributed by atoms with E-state index in [1.54, 1.807) is 7.05 Å². The van der Waals surface area contributed by atoms with Gasteiger partial charge in [-0.05, 0) is 23.6 Å². The second kappa shape index (κ2) is 11.5. The summed E-state index contributed by atoms with van der Waals surface area (Å²) in [5.41, 5.74) is 3.77. The molecule has 0 aliphatic carbocycles. The lowest BCUT2D eigenvalue weighted by atomic mass is 10.1. The molecule has 0 radical (unpaired) electrons. The number of para-hydroxylation sites is 1. The predicted octanol–water partition coefficient (Wildman–Crippen LogP) is 3.98. The Kier molecular flexibility index (Phi) is 8.52. The average molecular weight is 528 g/mol. The minimum absolute atomic E-state index is 0. The van der Waals surface area contributed by atoms with Gasteiger partial charge in [-0.3, -0.25) is 4.99 Å². The van der Waals surface area contributed by atoms with Crippen LogP contribution < -0.4 is 10.6 Å². The molecule has 4 aromatic rings. The van der Waals surface area contributed by atoms with Gasteiger partial charge in [0.15, 0.2) is 5.96 Å². The third kappa shape index (κ3) is 6.10. The molecule has 3 N–H and O–H groups in total. The van der Waals surface area contributed by atoms with Gasteiger partial charge in [0.25, 0.3) is 0 Å². The SMILES string of the molecule is CN=C(NCCc1c[nH]c2ccccc12)NCCc1nccn1Cc1ccccc1.I. The van der Waals surface area contributed by atoms with Crippen molar-refractivity contribution >= 4 is 40.8 Å². The summed E-state index contributed by atoms with van der Waals surface area (Å²) in [6.45, 7) is 2.44. The van der Waals surface area contributed by atoms with Gasteiger partial charge < -0.3 is 20.2 Å². The highest BCUT2D eigenvalue weighted by atomic mass is 127. The Balaban J connectivity index is 0.00000272.